The van der Waals surface area contributed by atoms with Gasteiger partial charge in [0.1, 0.15) is 5.82 Å². The Morgan fingerprint density at radius 2 is 1.95 bits per heavy atom. The monoisotopic (exact) mass is 305 g/mol. The van der Waals surface area contributed by atoms with Crippen molar-refractivity contribution >= 4 is 11.8 Å². The number of benzene rings is 1. The third-order valence-electron chi connectivity index (χ3n) is 2.97. The van der Waals surface area contributed by atoms with Crippen molar-refractivity contribution in [3.63, 3.8) is 0 Å². The molecule has 1 heterocycles. The van der Waals surface area contributed by atoms with Crippen LogP contribution >= 0.6 is 0 Å². The Kier molecular flexibility index (Phi) is 5.24. The van der Waals surface area contributed by atoms with Crippen LogP contribution in [0.3, 0.4) is 0 Å². The molecule has 2 aromatic rings. The van der Waals surface area contributed by atoms with Gasteiger partial charge in [0.15, 0.2) is 11.7 Å². The Labute approximate surface area is 126 Å². The van der Waals surface area contributed by atoms with E-state index in [2.05, 4.69) is 15.6 Å². The van der Waals surface area contributed by atoms with Crippen LogP contribution in [0.25, 0.3) is 11.3 Å². The third kappa shape index (κ3) is 4.41. The summed E-state index contributed by atoms with van der Waals surface area (Å²) in [5, 5.41) is 4.89. The van der Waals surface area contributed by atoms with Crippen molar-refractivity contribution in [2.24, 2.45) is 0 Å². The van der Waals surface area contributed by atoms with E-state index >= 15 is 0 Å². The van der Waals surface area contributed by atoms with E-state index in [-0.39, 0.29) is 30.6 Å². The number of likely N-dealkylation sites (N-methyl/N-ethyl adjacent to an activating group) is 1. The lowest BCUT2D eigenvalue weighted by atomic mass is 10.2. The molecule has 6 nitrogen and oxygen atoms in total. The molecule has 2 rings (SSSR count). The van der Waals surface area contributed by atoms with Crippen LogP contribution in [0.4, 0.5) is 4.39 Å². The lowest BCUT2D eigenvalue weighted by Gasteiger charge is -2.02. The van der Waals surface area contributed by atoms with Crippen molar-refractivity contribution in [1.29, 1.82) is 0 Å². The van der Waals surface area contributed by atoms with Gasteiger partial charge < -0.3 is 15.1 Å². The lowest BCUT2D eigenvalue weighted by molar-refractivity contribution is -0.125. The van der Waals surface area contributed by atoms with Crippen LogP contribution in [0, 0.1) is 5.82 Å². The van der Waals surface area contributed by atoms with Gasteiger partial charge in [0.2, 0.25) is 11.8 Å². The first-order chi connectivity index (χ1) is 10.6. The zero-order chi connectivity index (χ0) is 15.9. The van der Waals surface area contributed by atoms with Crippen LogP contribution in [0.2, 0.25) is 0 Å². The van der Waals surface area contributed by atoms with E-state index in [1.165, 1.54) is 25.4 Å². The highest BCUT2D eigenvalue weighted by atomic mass is 19.1. The molecule has 116 valence electrons. The van der Waals surface area contributed by atoms with E-state index in [0.29, 0.717) is 23.6 Å². The summed E-state index contributed by atoms with van der Waals surface area (Å²) in [7, 11) is 1.50. The fraction of sp³-hybridized carbons (Fsp3) is 0.267. The van der Waals surface area contributed by atoms with Crippen LogP contribution in [-0.4, -0.2) is 30.4 Å². The predicted molar refractivity (Wildman–Crippen MR) is 77.3 cm³/mol. The van der Waals surface area contributed by atoms with Gasteiger partial charge in [0, 0.05) is 25.5 Å². The summed E-state index contributed by atoms with van der Waals surface area (Å²) < 4.78 is 18.4. The number of rotatable bonds is 6. The molecule has 0 bridgehead atoms. The maximum Gasteiger partial charge on any atom is 0.239 e. The molecule has 0 saturated carbocycles. The van der Waals surface area contributed by atoms with Gasteiger partial charge in [0.05, 0.1) is 12.7 Å². The lowest BCUT2D eigenvalue weighted by Crippen LogP contribution is -2.35. The fourth-order valence-corrected chi connectivity index (χ4v) is 1.75. The quantitative estimate of drug-likeness (QED) is 0.842. The first kappa shape index (κ1) is 15.7. The summed E-state index contributed by atoms with van der Waals surface area (Å²) in [5.41, 5.74) is 0.712. The molecule has 0 saturated heterocycles. The number of aryl methyl sites for hydroxylation is 1. The molecule has 7 heteroatoms. The number of amides is 2. The minimum absolute atomic E-state index is 0.0538. The molecule has 0 unspecified atom stereocenters. The van der Waals surface area contributed by atoms with E-state index < -0.39 is 0 Å². The van der Waals surface area contributed by atoms with Crippen LogP contribution in [0.5, 0.6) is 0 Å². The molecule has 0 radical (unpaired) electrons. The Morgan fingerprint density at radius 3 is 2.64 bits per heavy atom. The second kappa shape index (κ2) is 7.35. The van der Waals surface area contributed by atoms with Crippen LogP contribution < -0.4 is 10.6 Å². The van der Waals surface area contributed by atoms with Crippen molar-refractivity contribution in [3.8, 4) is 11.3 Å². The van der Waals surface area contributed by atoms with Crippen molar-refractivity contribution in [1.82, 2.24) is 15.6 Å². The number of oxazole rings is 1. The second-order valence-electron chi connectivity index (χ2n) is 4.58. The number of nitrogens with zero attached hydrogens (tertiary/aromatic N) is 1. The summed E-state index contributed by atoms with van der Waals surface area (Å²) in [6.45, 7) is -0.0538. The highest BCUT2D eigenvalue weighted by Gasteiger charge is 2.09. The van der Waals surface area contributed by atoms with Crippen molar-refractivity contribution in [2.75, 3.05) is 13.6 Å². The van der Waals surface area contributed by atoms with E-state index in [1.807, 2.05) is 0 Å². The zero-order valence-corrected chi connectivity index (χ0v) is 12.1. The second-order valence-corrected chi connectivity index (χ2v) is 4.58. The highest BCUT2D eigenvalue weighted by molar-refractivity contribution is 5.84. The number of halogens is 1. The molecule has 1 aromatic heterocycles. The molecule has 0 fully saturated rings. The Bertz CT molecular complexity index is 652. The third-order valence-corrected chi connectivity index (χ3v) is 2.97. The van der Waals surface area contributed by atoms with E-state index in [9.17, 15) is 14.0 Å². The van der Waals surface area contributed by atoms with Crippen molar-refractivity contribution < 1.29 is 18.4 Å². The van der Waals surface area contributed by atoms with E-state index in [1.54, 1.807) is 12.1 Å². The van der Waals surface area contributed by atoms with E-state index in [0.717, 1.165) is 0 Å². The maximum atomic E-state index is 12.9. The van der Waals surface area contributed by atoms with Gasteiger partial charge in [-0.2, -0.15) is 0 Å². The molecular formula is C15H16FN3O3. The normalized spacial score (nSPS) is 10.3. The minimum Gasteiger partial charge on any atom is -0.441 e. The van der Waals surface area contributed by atoms with Gasteiger partial charge in [0.25, 0.3) is 0 Å². The Morgan fingerprint density at radius 1 is 1.23 bits per heavy atom. The summed E-state index contributed by atoms with van der Waals surface area (Å²) in [5.74, 6) is 0.0830. The van der Waals surface area contributed by atoms with Crippen molar-refractivity contribution in [2.45, 2.75) is 12.8 Å². The standard InChI is InChI=1S/C15H16FN3O3/c1-17-14(21)9-18-13(20)6-7-15-19-8-12(22-15)10-2-4-11(16)5-3-10/h2-5,8H,6-7,9H2,1H3,(H,17,21)(H,18,20). The molecule has 22 heavy (non-hydrogen) atoms. The summed E-state index contributed by atoms with van der Waals surface area (Å²) in [4.78, 5) is 26.6. The molecule has 0 atom stereocenters. The highest BCUT2D eigenvalue weighted by Crippen LogP contribution is 2.21. The zero-order valence-electron chi connectivity index (χ0n) is 12.1. The fourth-order valence-electron chi connectivity index (χ4n) is 1.75. The van der Waals surface area contributed by atoms with Gasteiger partial charge in [-0.15, -0.1) is 0 Å². The number of nitrogens with one attached hydrogen (secondary N) is 2. The maximum absolute atomic E-state index is 12.9. The van der Waals surface area contributed by atoms with Gasteiger partial charge in [-0.25, -0.2) is 9.37 Å². The van der Waals surface area contributed by atoms with Crippen LogP contribution in [0.15, 0.2) is 34.9 Å². The molecule has 2 N–H and O–H groups in total. The Balaban J connectivity index is 1.86. The van der Waals surface area contributed by atoms with Gasteiger partial charge in [-0.1, -0.05) is 0 Å². The van der Waals surface area contributed by atoms with Crippen LogP contribution in [-0.2, 0) is 16.0 Å². The number of hydrogen-bond donors (Lipinski definition) is 2. The van der Waals surface area contributed by atoms with Gasteiger partial charge >= 0.3 is 0 Å². The van der Waals surface area contributed by atoms with Crippen molar-refractivity contribution in [3.05, 3.63) is 42.2 Å². The largest absolute Gasteiger partial charge is 0.441 e. The summed E-state index contributed by atoms with van der Waals surface area (Å²) >= 11 is 0. The molecule has 0 aliphatic rings. The number of hydrogen-bond acceptors (Lipinski definition) is 4. The van der Waals surface area contributed by atoms with E-state index in [4.69, 9.17) is 4.42 Å². The van der Waals surface area contributed by atoms with Gasteiger partial charge in [-0.3, -0.25) is 9.59 Å². The van der Waals surface area contributed by atoms with Crippen LogP contribution in [0.1, 0.15) is 12.3 Å². The predicted octanol–water partition coefficient (Wildman–Crippen LogP) is 1.28. The molecular weight excluding hydrogens is 289 g/mol. The summed E-state index contributed by atoms with van der Waals surface area (Å²) in [6.07, 6.45) is 2.02. The smallest absolute Gasteiger partial charge is 0.239 e. The molecule has 0 aliphatic carbocycles. The molecule has 1 aromatic carbocycles. The molecule has 2 amide bonds. The SMILES string of the molecule is CNC(=O)CNC(=O)CCc1ncc(-c2ccc(F)cc2)o1. The minimum atomic E-state index is -0.323. The molecule has 0 aliphatic heterocycles. The first-order valence-corrected chi connectivity index (χ1v) is 6.76. The number of aromatic nitrogens is 1. The average Bonchev–Trinajstić information content (AvgIpc) is 3.00. The molecule has 0 spiro atoms. The first-order valence-electron chi connectivity index (χ1n) is 6.76. The topological polar surface area (TPSA) is 84.2 Å². The van der Waals surface area contributed by atoms with Gasteiger partial charge in [-0.05, 0) is 24.3 Å². The Hall–Kier alpha value is -2.70. The average molecular weight is 305 g/mol. The number of carbonyl (C=O) groups excluding carboxylic acids is 2. The summed E-state index contributed by atoms with van der Waals surface area (Å²) in [6, 6.07) is 5.86. The number of carbonyl (C=O) groups is 2.